The summed E-state index contributed by atoms with van der Waals surface area (Å²) < 4.78 is 0.875. The van der Waals surface area contributed by atoms with Gasteiger partial charge in [-0.3, -0.25) is 9.59 Å². The molecule has 1 saturated heterocycles. The monoisotopic (exact) mass is 478 g/mol. The van der Waals surface area contributed by atoms with Gasteiger partial charge in [0.1, 0.15) is 5.76 Å². The second kappa shape index (κ2) is 8.00. The number of halogens is 1. The summed E-state index contributed by atoms with van der Waals surface area (Å²) in [4.78, 5) is 31.5. The number of carbonyl (C=O) groups excluding carboxylic acids is 2. The lowest BCUT2D eigenvalue weighted by Gasteiger charge is -2.35. The van der Waals surface area contributed by atoms with E-state index in [0.29, 0.717) is 5.56 Å². The Kier molecular flexibility index (Phi) is 5.18. The topological polar surface area (TPSA) is 73.4 Å². The summed E-state index contributed by atoms with van der Waals surface area (Å²) in [6.45, 7) is 0. The van der Waals surface area contributed by atoms with Crippen LogP contribution in [0, 0.1) is 0 Å². The lowest BCUT2D eigenvalue weighted by Crippen LogP contribution is -2.40. The van der Waals surface area contributed by atoms with Gasteiger partial charge in [-0.2, -0.15) is 0 Å². The van der Waals surface area contributed by atoms with Gasteiger partial charge in [-0.05, 0) is 31.0 Å². The third kappa shape index (κ3) is 3.39. The number of rotatable bonds is 3. The Morgan fingerprint density at radius 3 is 2.45 bits per heavy atom. The number of aliphatic hydroxyl groups excluding tert-OH is 1. The molecule has 2 fully saturated rings. The predicted octanol–water partition coefficient (Wildman–Crippen LogP) is 5.68. The second-order valence-electron chi connectivity index (χ2n) is 8.29. The van der Waals surface area contributed by atoms with E-state index in [1.807, 2.05) is 42.6 Å². The van der Waals surface area contributed by atoms with Crippen LogP contribution in [0.15, 0.2) is 64.8 Å². The van der Waals surface area contributed by atoms with E-state index < -0.39 is 17.7 Å². The summed E-state index contributed by atoms with van der Waals surface area (Å²) in [7, 11) is 0. The molecule has 2 N–H and O–H groups in total. The largest absolute Gasteiger partial charge is 0.507 e. The van der Waals surface area contributed by atoms with Crippen molar-refractivity contribution in [2.45, 2.75) is 44.2 Å². The predicted molar refractivity (Wildman–Crippen MR) is 123 cm³/mol. The first-order valence-corrected chi connectivity index (χ1v) is 11.5. The summed E-state index contributed by atoms with van der Waals surface area (Å²) in [5.74, 6) is -1.25. The molecule has 1 aromatic heterocycles. The van der Waals surface area contributed by atoms with Gasteiger partial charge in [0.15, 0.2) is 0 Å². The highest BCUT2D eigenvalue weighted by molar-refractivity contribution is 9.10. The Balaban J connectivity index is 1.71. The molecule has 3 aromatic rings. The summed E-state index contributed by atoms with van der Waals surface area (Å²) in [6.07, 6.45) is 6.86. The van der Waals surface area contributed by atoms with Crippen LogP contribution in [0.1, 0.15) is 49.3 Å². The molecular weight excluding hydrogens is 456 g/mol. The molecule has 2 aliphatic rings. The summed E-state index contributed by atoms with van der Waals surface area (Å²) in [5.41, 5.74) is 2.48. The van der Waals surface area contributed by atoms with Crippen molar-refractivity contribution in [1.82, 2.24) is 9.88 Å². The number of nitrogens with one attached hydrogen (secondary N) is 1. The van der Waals surface area contributed by atoms with Gasteiger partial charge < -0.3 is 15.0 Å². The average Bonchev–Trinajstić information content (AvgIpc) is 3.33. The number of likely N-dealkylation sites (tertiary alicyclic amines) is 1. The number of nitrogens with zero attached hydrogens (tertiary/aromatic N) is 1. The molecule has 158 valence electrons. The molecule has 2 aromatic carbocycles. The van der Waals surface area contributed by atoms with Crippen molar-refractivity contribution in [3.8, 4) is 0 Å². The number of aromatic nitrogens is 1. The third-order valence-electron chi connectivity index (χ3n) is 6.48. The Morgan fingerprint density at radius 1 is 1.00 bits per heavy atom. The maximum Gasteiger partial charge on any atom is 0.295 e. The molecule has 5 rings (SSSR count). The summed E-state index contributed by atoms with van der Waals surface area (Å²) >= 11 is 3.40. The molecule has 6 heteroatoms. The van der Waals surface area contributed by atoms with E-state index >= 15 is 0 Å². The van der Waals surface area contributed by atoms with Gasteiger partial charge in [0.05, 0.1) is 11.6 Å². The van der Waals surface area contributed by atoms with Crippen molar-refractivity contribution in [3.05, 3.63) is 75.9 Å². The minimum absolute atomic E-state index is 0.000852. The molecule has 0 spiro atoms. The highest BCUT2D eigenvalue weighted by atomic mass is 79.9. The fraction of sp³-hybridized carbons (Fsp3) is 0.280. The highest BCUT2D eigenvalue weighted by Gasteiger charge is 2.49. The zero-order valence-electron chi connectivity index (χ0n) is 17.0. The average molecular weight is 479 g/mol. The number of hydrogen-bond acceptors (Lipinski definition) is 3. The van der Waals surface area contributed by atoms with Gasteiger partial charge in [-0.1, -0.05) is 65.5 Å². The van der Waals surface area contributed by atoms with Crippen LogP contribution in [0.3, 0.4) is 0 Å². The lowest BCUT2D eigenvalue weighted by atomic mass is 9.91. The summed E-state index contributed by atoms with van der Waals surface area (Å²) in [6, 6.07) is 14.4. The molecule has 0 bridgehead atoms. The molecule has 31 heavy (non-hydrogen) atoms. The maximum atomic E-state index is 13.3. The number of hydrogen-bond donors (Lipinski definition) is 2. The van der Waals surface area contributed by atoms with Crippen molar-refractivity contribution in [2.24, 2.45) is 0 Å². The SMILES string of the molecule is O=C1C(=O)N(C2CCCCC2)C(c2c[nH]c3ccccc23)/C1=C(\O)c1ccc(Br)cc1. The van der Waals surface area contributed by atoms with Crippen LogP contribution in [0.5, 0.6) is 0 Å². The number of aromatic amines is 1. The van der Waals surface area contributed by atoms with Crippen LogP contribution in [-0.4, -0.2) is 32.7 Å². The van der Waals surface area contributed by atoms with E-state index in [1.165, 1.54) is 0 Å². The van der Waals surface area contributed by atoms with Crippen molar-refractivity contribution < 1.29 is 14.7 Å². The van der Waals surface area contributed by atoms with Gasteiger partial charge in [-0.25, -0.2) is 0 Å². The number of fused-ring (bicyclic) bond motifs is 1. The van der Waals surface area contributed by atoms with Crippen molar-refractivity contribution in [3.63, 3.8) is 0 Å². The van der Waals surface area contributed by atoms with Gasteiger partial charge in [0.2, 0.25) is 0 Å². The van der Waals surface area contributed by atoms with Gasteiger partial charge in [0, 0.05) is 38.7 Å². The molecule has 1 aliphatic carbocycles. The van der Waals surface area contributed by atoms with Crippen molar-refractivity contribution in [1.29, 1.82) is 0 Å². The number of para-hydroxylation sites is 1. The van der Waals surface area contributed by atoms with Crippen LogP contribution in [0.25, 0.3) is 16.7 Å². The van der Waals surface area contributed by atoms with Gasteiger partial charge in [0.25, 0.3) is 11.7 Å². The number of carbonyl (C=O) groups is 2. The Labute approximate surface area is 188 Å². The summed E-state index contributed by atoms with van der Waals surface area (Å²) in [5, 5.41) is 12.2. The Bertz CT molecular complexity index is 1190. The first kappa shape index (κ1) is 20.1. The fourth-order valence-corrected chi connectivity index (χ4v) is 5.24. The molecule has 2 heterocycles. The van der Waals surface area contributed by atoms with Gasteiger partial charge in [-0.15, -0.1) is 0 Å². The number of Topliss-reactive ketones (excluding diaryl/α,β-unsaturated/α-hetero) is 1. The standard InChI is InChI=1S/C25H23BrN2O3/c26-16-12-10-15(11-13-16)23(29)21-22(19-14-27-20-9-5-4-8-18(19)20)28(25(31)24(21)30)17-6-2-1-3-7-17/h4-5,8-14,17,22,27,29H,1-3,6-7H2/b23-21+. The highest BCUT2D eigenvalue weighted by Crippen LogP contribution is 2.44. The number of amides is 1. The van der Waals surface area contributed by atoms with E-state index in [0.717, 1.165) is 53.0 Å². The minimum Gasteiger partial charge on any atom is -0.507 e. The minimum atomic E-state index is -0.610. The van der Waals surface area contributed by atoms with E-state index in [-0.39, 0.29) is 17.4 Å². The molecule has 1 aliphatic heterocycles. The first-order chi connectivity index (χ1) is 15.1. The van der Waals surface area contributed by atoms with Crippen LogP contribution >= 0.6 is 15.9 Å². The molecule has 1 atom stereocenters. The van der Waals surface area contributed by atoms with Gasteiger partial charge >= 0.3 is 0 Å². The second-order valence-corrected chi connectivity index (χ2v) is 9.21. The van der Waals surface area contributed by atoms with E-state index in [9.17, 15) is 14.7 Å². The van der Waals surface area contributed by atoms with E-state index in [4.69, 9.17) is 0 Å². The first-order valence-electron chi connectivity index (χ1n) is 10.7. The number of ketones is 1. The zero-order chi connectivity index (χ0) is 21.5. The Morgan fingerprint density at radius 2 is 1.71 bits per heavy atom. The molecule has 1 amide bonds. The van der Waals surface area contributed by atoms with Crippen LogP contribution < -0.4 is 0 Å². The molecule has 1 unspecified atom stereocenters. The smallest absolute Gasteiger partial charge is 0.295 e. The lowest BCUT2D eigenvalue weighted by molar-refractivity contribution is -0.141. The molecule has 1 saturated carbocycles. The van der Waals surface area contributed by atoms with Crippen LogP contribution in [0.2, 0.25) is 0 Å². The number of H-pyrrole nitrogens is 1. The number of aliphatic hydroxyl groups is 1. The van der Waals surface area contributed by atoms with Crippen LogP contribution in [0.4, 0.5) is 0 Å². The fourth-order valence-electron chi connectivity index (χ4n) is 4.97. The maximum absolute atomic E-state index is 13.3. The van der Waals surface area contributed by atoms with E-state index in [2.05, 4.69) is 20.9 Å². The molecule has 0 radical (unpaired) electrons. The van der Waals surface area contributed by atoms with Crippen molar-refractivity contribution in [2.75, 3.05) is 0 Å². The van der Waals surface area contributed by atoms with Crippen LogP contribution in [-0.2, 0) is 9.59 Å². The number of benzene rings is 2. The normalized spacial score (nSPS) is 21.8. The van der Waals surface area contributed by atoms with Crippen molar-refractivity contribution >= 4 is 44.3 Å². The third-order valence-corrected chi connectivity index (χ3v) is 7.01. The molecule has 5 nitrogen and oxygen atoms in total. The molecular formula is C25H23BrN2O3. The zero-order valence-corrected chi connectivity index (χ0v) is 18.6. The quantitative estimate of drug-likeness (QED) is 0.288. The Hall–Kier alpha value is -2.86. The van der Waals surface area contributed by atoms with E-state index in [1.54, 1.807) is 17.0 Å².